The third-order valence-corrected chi connectivity index (χ3v) is 10.3. The number of nitrogens with one attached hydrogen (secondary N) is 2. The van der Waals surface area contributed by atoms with Crippen LogP contribution in [0.1, 0.15) is 95.0 Å². The Kier molecular flexibility index (Phi) is 16.7. The highest BCUT2D eigenvalue weighted by Gasteiger charge is 2.44. The van der Waals surface area contributed by atoms with E-state index in [-0.39, 0.29) is 73.2 Å². The summed E-state index contributed by atoms with van der Waals surface area (Å²) in [6.07, 6.45) is 9.55. The van der Waals surface area contributed by atoms with Crippen molar-refractivity contribution < 1.29 is 33.4 Å². The lowest BCUT2D eigenvalue weighted by Crippen LogP contribution is -2.58. The molecule has 0 unspecified atom stereocenters. The summed E-state index contributed by atoms with van der Waals surface area (Å²) in [5, 5.41) is 20.6. The molecule has 0 spiro atoms. The standard InChI is InChI=1S/C41H59FN8O6/c1-26(2)18-34-40(54)50-24-31(51)21-36(50)41(55)49(5)35(19-28-12-11-17-44-22-28)39(53)46-33(27(3)4)13-9-7-6-8-10-16-45-23-30(48-43)25-56-37-20-29(42)14-15-32(37)38(52)47-34/h11-12,14-15,17,20,22-23,26-27,31,33-36,51H,6-10,13,16,18-19,21,24-25,43H2,1-5H3,(H,46,53)(H,47,52)/t31-,33-,34+,35-,36+/m0/s1. The van der Waals surface area contributed by atoms with Crippen molar-refractivity contribution in [1.82, 2.24) is 25.4 Å². The lowest BCUT2D eigenvalue weighted by molar-refractivity contribution is -0.147. The normalized spacial score (nSPS) is 25.2. The molecule has 5 N–H and O–H groups in total. The zero-order valence-corrected chi connectivity index (χ0v) is 33.3. The Bertz CT molecular complexity index is 1690. The number of fused-ring (bicyclic) bond motifs is 2. The molecule has 2 aromatic rings. The fourth-order valence-corrected chi connectivity index (χ4v) is 7.14. The Labute approximate surface area is 329 Å². The van der Waals surface area contributed by atoms with Gasteiger partial charge in [-0.25, -0.2) is 4.39 Å². The summed E-state index contributed by atoms with van der Waals surface area (Å²) >= 11 is 0. The predicted molar refractivity (Wildman–Crippen MR) is 213 cm³/mol. The van der Waals surface area contributed by atoms with Gasteiger partial charge in [-0.05, 0) is 54.9 Å². The molecule has 0 saturated carbocycles. The van der Waals surface area contributed by atoms with Crippen molar-refractivity contribution in [2.45, 2.75) is 116 Å². The number of hydrogen-bond acceptors (Lipinski definition) is 10. The summed E-state index contributed by atoms with van der Waals surface area (Å²) in [5.74, 6) is 2.84. The Morgan fingerprint density at radius 3 is 2.48 bits per heavy atom. The van der Waals surface area contributed by atoms with Crippen molar-refractivity contribution in [3.63, 3.8) is 0 Å². The van der Waals surface area contributed by atoms with E-state index in [0.29, 0.717) is 6.54 Å². The summed E-state index contributed by atoms with van der Waals surface area (Å²) in [7, 11) is 1.55. The lowest BCUT2D eigenvalue weighted by Gasteiger charge is -2.35. The van der Waals surface area contributed by atoms with E-state index in [1.54, 1.807) is 25.5 Å². The van der Waals surface area contributed by atoms with Gasteiger partial charge in [-0.3, -0.25) is 29.2 Å². The molecule has 306 valence electrons. The Balaban J connectivity index is 1.69. The average molecular weight is 779 g/mol. The average Bonchev–Trinajstić information content (AvgIpc) is 3.56. The molecule has 3 heterocycles. The van der Waals surface area contributed by atoms with Crippen LogP contribution in [0.3, 0.4) is 0 Å². The van der Waals surface area contributed by atoms with Crippen LogP contribution < -0.4 is 21.2 Å². The molecule has 0 bridgehead atoms. The van der Waals surface area contributed by atoms with Crippen LogP contribution in [0.15, 0.2) is 52.8 Å². The molecular weight excluding hydrogens is 719 g/mol. The summed E-state index contributed by atoms with van der Waals surface area (Å²) in [6.45, 7) is 8.11. The van der Waals surface area contributed by atoms with Gasteiger partial charge < -0.3 is 36.1 Å². The third kappa shape index (κ3) is 12.6. The highest BCUT2D eigenvalue weighted by molar-refractivity contribution is 6.31. The maximum atomic E-state index is 14.4. The fourth-order valence-electron chi connectivity index (χ4n) is 7.14. The number of nitrogens with zero attached hydrogens (tertiary/aromatic N) is 5. The second-order valence-electron chi connectivity index (χ2n) is 15.6. The Hall–Kier alpha value is -4.92. The number of hydrogen-bond donors (Lipinski definition) is 4. The highest BCUT2D eigenvalue weighted by atomic mass is 19.1. The molecule has 0 radical (unpaired) electrons. The number of rotatable bonds is 5. The van der Waals surface area contributed by atoms with E-state index in [1.165, 1.54) is 22.1 Å². The number of benzene rings is 1. The van der Waals surface area contributed by atoms with Gasteiger partial charge in [0, 0.05) is 63.7 Å². The number of nitrogens with two attached hydrogens (primary N) is 1. The molecule has 0 aliphatic carbocycles. The van der Waals surface area contributed by atoms with Crippen LogP contribution >= 0.6 is 0 Å². The van der Waals surface area contributed by atoms with E-state index in [1.807, 2.05) is 19.9 Å². The molecular formula is C41H59FN8O6. The van der Waals surface area contributed by atoms with Crippen LogP contribution in [-0.2, 0) is 20.8 Å². The molecule has 1 aromatic heterocycles. The van der Waals surface area contributed by atoms with E-state index >= 15 is 0 Å². The van der Waals surface area contributed by atoms with Crippen LogP contribution in [0.4, 0.5) is 4.39 Å². The monoisotopic (exact) mass is 778 g/mol. The van der Waals surface area contributed by atoms with Crippen molar-refractivity contribution in [2.24, 2.45) is 27.8 Å². The number of likely N-dealkylation sites (N-methyl/N-ethyl adjacent to an activating group) is 1. The van der Waals surface area contributed by atoms with Gasteiger partial charge in [-0.2, -0.15) is 5.10 Å². The molecule has 1 aromatic carbocycles. The van der Waals surface area contributed by atoms with Crippen molar-refractivity contribution in [3.05, 3.63) is 59.7 Å². The molecule has 1 fully saturated rings. The van der Waals surface area contributed by atoms with Crippen LogP contribution in [0.25, 0.3) is 0 Å². The van der Waals surface area contributed by atoms with Crippen LogP contribution in [0.2, 0.25) is 0 Å². The van der Waals surface area contributed by atoms with Crippen molar-refractivity contribution in [3.8, 4) is 5.75 Å². The predicted octanol–water partition coefficient (Wildman–Crippen LogP) is 3.66. The van der Waals surface area contributed by atoms with Crippen LogP contribution in [0, 0.1) is 17.7 Å². The summed E-state index contributed by atoms with van der Waals surface area (Å²) < 4.78 is 20.3. The van der Waals surface area contributed by atoms with Gasteiger partial charge >= 0.3 is 0 Å². The molecule has 14 nitrogen and oxygen atoms in total. The minimum absolute atomic E-state index is 0.0273. The minimum atomic E-state index is -1.11. The van der Waals surface area contributed by atoms with Gasteiger partial charge in [0.25, 0.3) is 5.91 Å². The maximum Gasteiger partial charge on any atom is 0.255 e. The van der Waals surface area contributed by atoms with Gasteiger partial charge in [-0.15, -0.1) is 0 Å². The number of aromatic nitrogens is 1. The Morgan fingerprint density at radius 2 is 1.79 bits per heavy atom. The molecule has 1 saturated heterocycles. The van der Waals surface area contributed by atoms with Gasteiger partial charge in [0.05, 0.1) is 11.7 Å². The first-order valence-electron chi connectivity index (χ1n) is 19.7. The highest BCUT2D eigenvalue weighted by Crippen LogP contribution is 2.26. The Morgan fingerprint density at radius 1 is 1.04 bits per heavy atom. The van der Waals surface area contributed by atoms with Crippen LogP contribution in [0.5, 0.6) is 5.75 Å². The molecule has 56 heavy (non-hydrogen) atoms. The zero-order chi connectivity index (χ0) is 40.8. The summed E-state index contributed by atoms with van der Waals surface area (Å²) in [4.78, 5) is 68.1. The number of carbonyl (C=O) groups is 4. The maximum absolute atomic E-state index is 14.4. The molecule has 4 amide bonds. The molecule has 5 atom stereocenters. The number of amides is 4. The van der Waals surface area contributed by atoms with E-state index < -0.39 is 47.8 Å². The minimum Gasteiger partial charge on any atom is -0.486 e. The third-order valence-electron chi connectivity index (χ3n) is 10.3. The van der Waals surface area contributed by atoms with E-state index in [9.17, 15) is 28.7 Å². The topological polar surface area (TPSA) is 192 Å². The number of carbonyl (C=O) groups excluding carboxylic acids is 4. The number of aliphatic imine (C=N–C) groups is 1. The lowest BCUT2D eigenvalue weighted by atomic mass is 9.96. The van der Waals surface area contributed by atoms with Crippen molar-refractivity contribution in [2.75, 3.05) is 26.7 Å². The first-order chi connectivity index (χ1) is 26.8. The first-order valence-corrected chi connectivity index (χ1v) is 19.7. The smallest absolute Gasteiger partial charge is 0.255 e. The van der Waals surface area contributed by atoms with E-state index in [4.69, 9.17) is 10.6 Å². The summed E-state index contributed by atoms with van der Waals surface area (Å²) in [6, 6.07) is 3.78. The van der Waals surface area contributed by atoms with Gasteiger partial charge in [0.2, 0.25) is 17.7 Å². The quantitative estimate of drug-likeness (QED) is 0.261. The van der Waals surface area contributed by atoms with Crippen molar-refractivity contribution in [1.29, 1.82) is 0 Å². The van der Waals surface area contributed by atoms with Gasteiger partial charge in [0.15, 0.2) is 0 Å². The molecule has 2 aliphatic heterocycles. The second kappa shape index (κ2) is 21.4. The van der Waals surface area contributed by atoms with Gasteiger partial charge in [0.1, 0.15) is 42.0 Å². The number of hydrazone groups is 1. The molecule has 15 heteroatoms. The molecule has 2 aliphatic rings. The zero-order valence-electron chi connectivity index (χ0n) is 33.3. The van der Waals surface area contributed by atoms with E-state index in [2.05, 4.69) is 39.6 Å². The largest absolute Gasteiger partial charge is 0.486 e. The number of pyridine rings is 1. The fraction of sp³-hybridized carbons (Fsp3) is 0.585. The van der Waals surface area contributed by atoms with E-state index in [0.717, 1.165) is 56.2 Å². The number of halogens is 1. The summed E-state index contributed by atoms with van der Waals surface area (Å²) in [5.41, 5.74) is 1.01. The number of ether oxygens (including phenoxy) is 1. The SMILES string of the molecule is CC(C)C[C@H]1NC(=O)c2ccc(F)cc2OCC(=NN)C=NCCCCCCC[C@@H](C(C)C)NC(=O)[C@H](Cc2cccnc2)N(C)C(=O)[C@H]2C[C@H](O)CN2C1=O. The van der Waals surface area contributed by atoms with Crippen LogP contribution in [-0.4, -0.2) is 112 Å². The number of aliphatic hydroxyl groups is 1. The first kappa shape index (κ1) is 43.8. The second-order valence-corrected chi connectivity index (χ2v) is 15.6. The van der Waals surface area contributed by atoms with Gasteiger partial charge in [-0.1, -0.05) is 59.4 Å². The molecule has 4 rings (SSSR count). The number of aliphatic hydroxyl groups excluding tert-OH is 1. The van der Waals surface area contributed by atoms with Crippen molar-refractivity contribution >= 4 is 35.6 Å².